The molecule has 7 nitrogen and oxygen atoms in total. The first kappa shape index (κ1) is 13.7. The highest BCUT2D eigenvalue weighted by atomic mass is 16.6. The van der Waals surface area contributed by atoms with Crippen LogP contribution in [0, 0.1) is 10.1 Å². The van der Waals surface area contributed by atoms with Crippen LogP contribution in [0.3, 0.4) is 0 Å². The maximum Gasteiger partial charge on any atom is 0.270 e. The highest BCUT2D eigenvalue weighted by Crippen LogP contribution is 2.16. The van der Waals surface area contributed by atoms with Gasteiger partial charge in [-0.2, -0.15) is 0 Å². The van der Waals surface area contributed by atoms with E-state index >= 15 is 0 Å². The van der Waals surface area contributed by atoms with Gasteiger partial charge in [0.05, 0.1) is 11.0 Å². The van der Waals surface area contributed by atoms with E-state index in [0.29, 0.717) is 12.2 Å². The minimum Gasteiger partial charge on any atom is -0.347 e. The van der Waals surface area contributed by atoms with Crippen molar-refractivity contribution in [1.29, 1.82) is 0 Å². The third-order valence-corrected chi connectivity index (χ3v) is 2.88. The van der Waals surface area contributed by atoms with Gasteiger partial charge in [-0.3, -0.25) is 14.9 Å². The molecule has 0 fully saturated rings. The normalized spacial score (nSPS) is 11.8. The average molecular weight is 274 g/mol. The van der Waals surface area contributed by atoms with E-state index < -0.39 is 4.92 Å². The Bertz CT molecular complexity index is 610. The lowest BCUT2D eigenvalue weighted by atomic mass is 10.1. The Balaban J connectivity index is 2.15. The number of benzene rings is 1. The second-order valence-corrected chi connectivity index (χ2v) is 4.22. The highest BCUT2D eigenvalue weighted by molar-refractivity contribution is 5.95. The summed E-state index contributed by atoms with van der Waals surface area (Å²) in [6.07, 6.45) is 3.95. The van der Waals surface area contributed by atoms with Crippen LogP contribution in [0.2, 0.25) is 0 Å². The molecular formula is C13H14N4O3. The van der Waals surface area contributed by atoms with Crippen LogP contribution in [0.25, 0.3) is 0 Å². The summed E-state index contributed by atoms with van der Waals surface area (Å²) in [6, 6.07) is 5.37. The molecule has 104 valence electrons. The molecule has 0 bridgehead atoms. The van der Waals surface area contributed by atoms with Gasteiger partial charge in [-0.15, -0.1) is 0 Å². The van der Waals surface area contributed by atoms with Gasteiger partial charge in [0.1, 0.15) is 5.82 Å². The number of carbonyl (C=O) groups is 1. The molecule has 2 aromatic rings. The predicted octanol–water partition coefficient (Wildman–Crippen LogP) is 2.20. The number of H-pyrrole nitrogens is 1. The molecule has 1 aromatic carbocycles. The number of imidazole rings is 1. The van der Waals surface area contributed by atoms with Crippen molar-refractivity contribution in [2.45, 2.75) is 19.4 Å². The van der Waals surface area contributed by atoms with Gasteiger partial charge >= 0.3 is 0 Å². The van der Waals surface area contributed by atoms with Crippen LogP contribution in [-0.2, 0) is 0 Å². The van der Waals surface area contributed by atoms with Gasteiger partial charge in [0.25, 0.3) is 11.6 Å². The molecule has 20 heavy (non-hydrogen) atoms. The van der Waals surface area contributed by atoms with Crippen LogP contribution < -0.4 is 5.32 Å². The molecular weight excluding hydrogens is 260 g/mol. The maximum absolute atomic E-state index is 12.1. The number of nitrogens with one attached hydrogen (secondary N) is 2. The molecule has 0 aliphatic carbocycles. The Morgan fingerprint density at radius 1 is 1.55 bits per heavy atom. The van der Waals surface area contributed by atoms with Crippen LogP contribution in [-0.4, -0.2) is 20.8 Å². The molecule has 1 aromatic heterocycles. The Kier molecular flexibility index (Phi) is 4.09. The minimum absolute atomic E-state index is 0.108. The van der Waals surface area contributed by atoms with E-state index in [-0.39, 0.29) is 23.2 Å². The van der Waals surface area contributed by atoms with E-state index in [1.54, 1.807) is 12.4 Å². The number of hydrogen-bond donors (Lipinski definition) is 2. The molecule has 0 aliphatic rings. The van der Waals surface area contributed by atoms with Crippen LogP contribution in [0.5, 0.6) is 0 Å². The third-order valence-electron chi connectivity index (χ3n) is 2.88. The van der Waals surface area contributed by atoms with Gasteiger partial charge in [0.2, 0.25) is 0 Å². The number of nitro groups is 1. The van der Waals surface area contributed by atoms with E-state index in [2.05, 4.69) is 15.3 Å². The predicted molar refractivity (Wildman–Crippen MR) is 72.2 cm³/mol. The summed E-state index contributed by atoms with van der Waals surface area (Å²) < 4.78 is 0. The number of rotatable bonds is 5. The number of carbonyl (C=O) groups excluding carboxylic acids is 1. The first-order valence-electron chi connectivity index (χ1n) is 6.16. The van der Waals surface area contributed by atoms with Gasteiger partial charge in [-0.1, -0.05) is 13.0 Å². The summed E-state index contributed by atoms with van der Waals surface area (Å²) in [5.74, 6) is 0.295. The monoisotopic (exact) mass is 274 g/mol. The second-order valence-electron chi connectivity index (χ2n) is 4.22. The summed E-state index contributed by atoms with van der Waals surface area (Å²) in [6.45, 7) is 1.92. The number of aromatic nitrogens is 2. The molecule has 0 spiro atoms. The Hall–Kier alpha value is -2.70. The zero-order valence-electron chi connectivity index (χ0n) is 10.9. The summed E-state index contributed by atoms with van der Waals surface area (Å²) in [7, 11) is 0. The highest BCUT2D eigenvalue weighted by Gasteiger charge is 2.17. The summed E-state index contributed by atoms with van der Waals surface area (Å²) in [5.41, 5.74) is 0.146. The zero-order valence-corrected chi connectivity index (χ0v) is 10.9. The molecule has 7 heteroatoms. The number of non-ortho nitro benzene ring substituents is 1. The quantitative estimate of drug-likeness (QED) is 0.644. The van der Waals surface area contributed by atoms with Gasteiger partial charge < -0.3 is 10.3 Å². The molecule has 1 amide bonds. The van der Waals surface area contributed by atoms with E-state index in [1.165, 1.54) is 24.3 Å². The lowest BCUT2D eigenvalue weighted by Crippen LogP contribution is -2.28. The van der Waals surface area contributed by atoms with Crippen molar-refractivity contribution in [2.24, 2.45) is 0 Å². The van der Waals surface area contributed by atoms with Crippen molar-refractivity contribution in [1.82, 2.24) is 15.3 Å². The zero-order chi connectivity index (χ0) is 14.5. The van der Waals surface area contributed by atoms with Crippen molar-refractivity contribution >= 4 is 11.6 Å². The molecule has 0 radical (unpaired) electrons. The Morgan fingerprint density at radius 2 is 2.35 bits per heavy atom. The number of hydrogen-bond acceptors (Lipinski definition) is 4. The van der Waals surface area contributed by atoms with Crippen molar-refractivity contribution in [3.05, 3.63) is 58.2 Å². The lowest BCUT2D eigenvalue weighted by Gasteiger charge is -2.14. The smallest absolute Gasteiger partial charge is 0.270 e. The van der Waals surface area contributed by atoms with Crippen molar-refractivity contribution in [3.8, 4) is 0 Å². The minimum atomic E-state index is -0.527. The Labute approximate surface area is 115 Å². The summed E-state index contributed by atoms with van der Waals surface area (Å²) in [5, 5.41) is 13.5. The standard InChI is InChI=1S/C13H14N4O3/c1-2-11(12-14-6-7-15-12)16-13(18)9-4-3-5-10(8-9)17(19)20/h3-8,11H,2H2,1H3,(H,14,15)(H,16,18). The lowest BCUT2D eigenvalue weighted by molar-refractivity contribution is -0.384. The van der Waals surface area contributed by atoms with E-state index in [4.69, 9.17) is 0 Å². The van der Waals surface area contributed by atoms with Crippen LogP contribution in [0.15, 0.2) is 36.7 Å². The number of nitrogens with zero attached hydrogens (tertiary/aromatic N) is 2. The topological polar surface area (TPSA) is 101 Å². The first-order valence-corrected chi connectivity index (χ1v) is 6.16. The third kappa shape index (κ3) is 3.00. The summed E-state index contributed by atoms with van der Waals surface area (Å²) >= 11 is 0. The fraction of sp³-hybridized carbons (Fsp3) is 0.231. The average Bonchev–Trinajstić information content (AvgIpc) is 2.98. The molecule has 2 rings (SSSR count). The van der Waals surface area contributed by atoms with Crippen molar-refractivity contribution in [2.75, 3.05) is 0 Å². The molecule has 0 saturated heterocycles. The Morgan fingerprint density at radius 3 is 2.95 bits per heavy atom. The first-order chi connectivity index (χ1) is 9.61. The van der Waals surface area contributed by atoms with Crippen LogP contribution in [0.1, 0.15) is 35.6 Å². The molecule has 2 N–H and O–H groups in total. The SMILES string of the molecule is CCC(NC(=O)c1cccc([N+](=O)[O-])c1)c1ncc[nH]1. The number of nitro benzene ring substituents is 1. The van der Waals surface area contributed by atoms with Gasteiger partial charge in [0, 0.05) is 30.1 Å². The molecule has 1 heterocycles. The fourth-order valence-electron chi connectivity index (χ4n) is 1.83. The van der Waals surface area contributed by atoms with Gasteiger partial charge in [-0.25, -0.2) is 4.98 Å². The van der Waals surface area contributed by atoms with Gasteiger partial charge in [-0.05, 0) is 12.5 Å². The van der Waals surface area contributed by atoms with E-state index in [0.717, 1.165) is 0 Å². The molecule has 1 atom stereocenters. The molecule has 0 aliphatic heterocycles. The molecule has 0 saturated carbocycles. The van der Waals surface area contributed by atoms with E-state index in [9.17, 15) is 14.9 Å². The van der Waals surface area contributed by atoms with Crippen LogP contribution >= 0.6 is 0 Å². The van der Waals surface area contributed by atoms with Crippen molar-refractivity contribution < 1.29 is 9.72 Å². The largest absolute Gasteiger partial charge is 0.347 e. The number of aromatic amines is 1. The second kappa shape index (κ2) is 5.96. The summed E-state index contributed by atoms with van der Waals surface area (Å²) in [4.78, 5) is 29.3. The van der Waals surface area contributed by atoms with Crippen molar-refractivity contribution in [3.63, 3.8) is 0 Å². The number of amides is 1. The van der Waals surface area contributed by atoms with Gasteiger partial charge in [0.15, 0.2) is 0 Å². The fourth-order valence-corrected chi connectivity index (χ4v) is 1.83. The molecule has 1 unspecified atom stereocenters. The van der Waals surface area contributed by atoms with Crippen LogP contribution in [0.4, 0.5) is 5.69 Å². The van der Waals surface area contributed by atoms with E-state index in [1.807, 2.05) is 6.92 Å². The maximum atomic E-state index is 12.1.